The second-order valence-electron chi connectivity index (χ2n) is 14.1. The minimum Gasteiger partial charge on any atom is -0.449 e. The van der Waals surface area contributed by atoms with Crippen LogP contribution in [0.25, 0.3) is 11.1 Å². The Hall–Kier alpha value is -4.66. The first kappa shape index (κ1) is 44.7. The van der Waals surface area contributed by atoms with Crippen LogP contribution in [0.2, 0.25) is 0 Å². The monoisotopic (exact) mass is 768 g/mol. The first-order valence-corrected chi connectivity index (χ1v) is 19.1. The van der Waals surface area contributed by atoms with Crippen LogP contribution in [0.5, 0.6) is 0 Å². The second kappa shape index (κ2) is 24.7. The van der Waals surface area contributed by atoms with Gasteiger partial charge in [0.1, 0.15) is 24.9 Å². The maximum atomic E-state index is 12.9. The molecule has 4 N–H and O–H groups in total. The lowest BCUT2D eigenvalue weighted by atomic mass is 9.98. The first-order valence-electron chi connectivity index (χ1n) is 19.1. The molecular weight excluding hydrogens is 708 g/mol. The summed E-state index contributed by atoms with van der Waals surface area (Å²) in [6.45, 7) is 14.4. The number of rotatable bonds is 25. The number of fused-ring (bicyclic) bond motifs is 3. The molecule has 0 heterocycles. The number of hydrogen-bond acceptors (Lipinski definition) is 10. The molecule has 0 aliphatic heterocycles. The number of hydrogen-bond donors (Lipinski definition) is 4. The molecule has 0 radical (unpaired) electrons. The number of alkyl carbamates (subject to hydrolysis) is 3. The van der Waals surface area contributed by atoms with E-state index >= 15 is 0 Å². The van der Waals surface area contributed by atoms with Gasteiger partial charge in [0.2, 0.25) is 5.91 Å². The number of carbonyl (C=O) groups is 4. The highest BCUT2D eigenvalue weighted by Gasteiger charge is 2.29. The van der Waals surface area contributed by atoms with Crippen LogP contribution in [0.3, 0.4) is 0 Å². The number of ether oxygens (including phenoxy) is 6. The maximum Gasteiger partial charge on any atom is 0.408 e. The highest BCUT2D eigenvalue weighted by atomic mass is 16.6. The van der Waals surface area contributed by atoms with Gasteiger partial charge in [0.15, 0.2) is 0 Å². The third-order valence-electron chi connectivity index (χ3n) is 8.42. The van der Waals surface area contributed by atoms with Crippen molar-refractivity contribution >= 4 is 24.2 Å². The minimum atomic E-state index is -0.805. The SMILES string of the molecule is C=CCOC(=O)N[C@@H](CCCC(C)NC(=O)OC(C)(C)C)C(=O)NCCCOCCOCCOCCCNC(=O)OCC1c2ccccc2-c2ccccc21. The Bertz CT molecular complexity index is 1450. The van der Waals surface area contributed by atoms with Gasteiger partial charge in [0.05, 0.1) is 26.4 Å². The lowest BCUT2D eigenvalue weighted by molar-refractivity contribution is -0.123. The highest BCUT2D eigenvalue weighted by molar-refractivity contribution is 5.85. The van der Waals surface area contributed by atoms with E-state index in [1.54, 1.807) is 20.8 Å². The first-order chi connectivity index (χ1) is 26.5. The van der Waals surface area contributed by atoms with Crippen molar-refractivity contribution in [2.45, 2.75) is 83.4 Å². The number of benzene rings is 2. The summed E-state index contributed by atoms with van der Waals surface area (Å²) in [4.78, 5) is 49.3. The fourth-order valence-electron chi connectivity index (χ4n) is 5.86. The Morgan fingerprint density at radius 3 is 1.85 bits per heavy atom. The Kier molecular flexibility index (Phi) is 20.1. The molecule has 4 amide bonds. The van der Waals surface area contributed by atoms with Crippen LogP contribution < -0.4 is 21.3 Å². The summed E-state index contributed by atoms with van der Waals surface area (Å²) in [6, 6.07) is 15.5. The Labute approximate surface area is 325 Å². The van der Waals surface area contributed by atoms with Crippen molar-refractivity contribution in [1.82, 2.24) is 21.3 Å². The van der Waals surface area contributed by atoms with Gasteiger partial charge >= 0.3 is 18.3 Å². The molecule has 304 valence electrons. The van der Waals surface area contributed by atoms with Crippen molar-refractivity contribution in [3.05, 3.63) is 72.3 Å². The van der Waals surface area contributed by atoms with Crippen molar-refractivity contribution in [2.75, 3.05) is 65.9 Å². The van der Waals surface area contributed by atoms with Gasteiger partial charge in [-0.2, -0.15) is 0 Å². The fourth-order valence-corrected chi connectivity index (χ4v) is 5.86. The van der Waals surface area contributed by atoms with Gasteiger partial charge in [-0.3, -0.25) is 4.79 Å². The summed E-state index contributed by atoms with van der Waals surface area (Å²) in [5, 5.41) is 11.0. The molecule has 2 aromatic carbocycles. The third-order valence-corrected chi connectivity index (χ3v) is 8.42. The molecule has 14 heteroatoms. The lowest BCUT2D eigenvalue weighted by Gasteiger charge is -2.22. The summed E-state index contributed by atoms with van der Waals surface area (Å²) in [5.41, 5.74) is 4.14. The van der Waals surface area contributed by atoms with E-state index in [-0.39, 0.29) is 31.1 Å². The van der Waals surface area contributed by atoms with Gasteiger partial charge in [0.25, 0.3) is 0 Å². The molecule has 55 heavy (non-hydrogen) atoms. The average Bonchev–Trinajstić information content (AvgIpc) is 3.46. The minimum absolute atomic E-state index is 0.0241. The Morgan fingerprint density at radius 1 is 0.709 bits per heavy atom. The molecule has 1 unspecified atom stereocenters. The van der Waals surface area contributed by atoms with Crippen molar-refractivity contribution < 1.29 is 47.6 Å². The topological polar surface area (TPSA) is 172 Å². The van der Waals surface area contributed by atoms with Crippen LogP contribution in [-0.2, 0) is 33.2 Å². The highest BCUT2D eigenvalue weighted by Crippen LogP contribution is 2.44. The summed E-state index contributed by atoms with van der Waals surface area (Å²) in [5.74, 6) is -0.308. The van der Waals surface area contributed by atoms with Gasteiger partial charge < -0.3 is 49.7 Å². The summed E-state index contributed by atoms with van der Waals surface area (Å²) >= 11 is 0. The number of carbonyl (C=O) groups excluding carboxylic acids is 4. The van der Waals surface area contributed by atoms with Crippen molar-refractivity contribution in [2.24, 2.45) is 0 Å². The molecule has 0 aromatic heterocycles. The summed E-state index contributed by atoms with van der Waals surface area (Å²) in [6.07, 6.45) is 2.50. The Morgan fingerprint density at radius 2 is 1.27 bits per heavy atom. The average molecular weight is 769 g/mol. The van der Waals surface area contributed by atoms with Gasteiger partial charge in [-0.1, -0.05) is 61.2 Å². The fraction of sp³-hybridized carbons (Fsp3) is 0.561. The van der Waals surface area contributed by atoms with Gasteiger partial charge in [-0.25, -0.2) is 14.4 Å². The van der Waals surface area contributed by atoms with E-state index in [2.05, 4.69) is 52.1 Å². The van der Waals surface area contributed by atoms with Crippen LogP contribution in [-0.4, -0.2) is 108 Å². The van der Waals surface area contributed by atoms with Gasteiger partial charge in [-0.05, 0) is 82.1 Å². The molecule has 1 aliphatic carbocycles. The number of nitrogens with one attached hydrogen (secondary N) is 4. The molecular formula is C41H60N4O10. The summed E-state index contributed by atoms with van der Waals surface area (Å²) < 4.78 is 32.6. The van der Waals surface area contributed by atoms with E-state index in [9.17, 15) is 19.2 Å². The molecule has 0 bridgehead atoms. The molecule has 0 saturated carbocycles. The second-order valence-corrected chi connectivity index (χ2v) is 14.1. The van der Waals surface area contributed by atoms with E-state index in [1.807, 2.05) is 31.2 Å². The molecule has 0 spiro atoms. The summed E-state index contributed by atoms with van der Waals surface area (Å²) in [7, 11) is 0. The van der Waals surface area contributed by atoms with Crippen molar-refractivity contribution in [3.8, 4) is 11.1 Å². The smallest absolute Gasteiger partial charge is 0.408 e. The van der Waals surface area contributed by atoms with E-state index in [0.29, 0.717) is 84.8 Å². The predicted molar refractivity (Wildman–Crippen MR) is 209 cm³/mol. The van der Waals surface area contributed by atoms with Crippen molar-refractivity contribution in [3.63, 3.8) is 0 Å². The lowest BCUT2D eigenvalue weighted by Crippen LogP contribution is -2.47. The largest absolute Gasteiger partial charge is 0.449 e. The predicted octanol–water partition coefficient (Wildman–Crippen LogP) is 5.84. The normalized spacial score (nSPS) is 13.1. The van der Waals surface area contributed by atoms with Gasteiger partial charge in [0, 0.05) is 38.3 Å². The third kappa shape index (κ3) is 17.6. The van der Waals surface area contributed by atoms with Crippen molar-refractivity contribution in [1.29, 1.82) is 0 Å². The molecule has 14 nitrogen and oxygen atoms in total. The molecule has 0 fully saturated rings. The van der Waals surface area contributed by atoms with E-state index in [0.717, 1.165) is 0 Å². The quantitative estimate of drug-likeness (QED) is 0.0547. The van der Waals surface area contributed by atoms with E-state index < -0.39 is 29.9 Å². The van der Waals surface area contributed by atoms with Gasteiger partial charge in [-0.15, -0.1) is 0 Å². The molecule has 3 rings (SSSR count). The van der Waals surface area contributed by atoms with Crippen LogP contribution in [0.4, 0.5) is 14.4 Å². The number of amides is 4. The van der Waals surface area contributed by atoms with Crippen LogP contribution in [0.15, 0.2) is 61.2 Å². The van der Waals surface area contributed by atoms with Crippen LogP contribution >= 0.6 is 0 Å². The van der Waals surface area contributed by atoms with Crippen LogP contribution in [0, 0.1) is 0 Å². The zero-order chi connectivity index (χ0) is 39.9. The zero-order valence-electron chi connectivity index (χ0n) is 32.8. The van der Waals surface area contributed by atoms with E-state index in [4.69, 9.17) is 28.4 Å². The maximum absolute atomic E-state index is 12.9. The van der Waals surface area contributed by atoms with E-state index in [1.165, 1.54) is 28.3 Å². The van der Waals surface area contributed by atoms with Crippen LogP contribution in [0.1, 0.15) is 76.8 Å². The Balaban J connectivity index is 1.16. The molecule has 2 atom stereocenters. The zero-order valence-corrected chi connectivity index (χ0v) is 32.8. The molecule has 2 aromatic rings. The molecule has 0 saturated heterocycles. The standard InChI is InChI=1S/C41H60N4O10/c1-6-22-53-39(48)45-36(19-11-14-30(2)44-40(49)55-41(3,4)5)37(46)42-20-12-23-50-25-27-52-28-26-51-24-13-21-43-38(47)54-29-35-33-17-9-7-15-31(33)32-16-8-10-18-34(32)35/h6-10,15-18,30,35-36H,1,11-14,19-29H2,2-5H3,(H,42,46)(H,43,47)(H,44,49)(H,45,48)/t30?,36-/m0/s1. The molecule has 1 aliphatic rings.